The third kappa shape index (κ3) is 2.96. The minimum atomic E-state index is 0.294. The van der Waals surface area contributed by atoms with Crippen LogP contribution in [-0.2, 0) is 17.6 Å². The van der Waals surface area contributed by atoms with Crippen molar-refractivity contribution in [3.8, 4) is 11.3 Å². The highest BCUT2D eigenvalue weighted by Crippen LogP contribution is 2.31. The van der Waals surface area contributed by atoms with E-state index in [1.807, 2.05) is 18.2 Å². The second kappa shape index (κ2) is 5.84. The Bertz CT molecular complexity index is 554. The van der Waals surface area contributed by atoms with Crippen LogP contribution in [0.15, 0.2) is 40.8 Å². The number of fused-ring (bicyclic) bond motifs is 1. The van der Waals surface area contributed by atoms with Crippen molar-refractivity contribution < 1.29 is 9.15 Å². The van der Waals surface area contributed by atoms with Gasteiger partial charge >= 0.3 is 0 Å². The molecule has 3 rings (SSSR count). The molecule has 1 heterocycles. The van der Waals surface area contributed by atoms with Gasteiger partial charge in [0.15, 0.2) is 0 Å². The lowest BCUT2D eigenvalue weighted by atomic mass is 10.1. The van der Waals surface area contributed by atoms with Crippen molar-refractivity contribution in [2.75, 3.05) is 0 Å². The van der Waals surface area contributed by atoms with Gasteiger partial charge in [-0.2, -0.15) is 0 Å². The Labute approximate surface area is 120 Å². The second-order valence-electron chi connectivity index (χ2n) is 5.83. The highest BCUT2D eigenvalue weighted by Gasteiger charge is 2.22. The SMILES string of the molecule is CC(C)OC1CCCc2oc(-c3ccccc3)cc2C1. The molecule has 1 aliphatic rings. The molecule has 20 heavy (non-hydrogen) atoms. The van der Waals surface area contributed by atoms with Crippen molar-refractivity contribution in [1.82, 2.24) is 0 Å². The Morgan fingerprint density at radius 3 is 2.75 bits per heavy atom. The average Bonchev–Trinajstić information content (AvgIpc) is 2.73. The Hall–Kier alpha value is -1.54. The maximum atomic E-state index is 6.07. The van der Waals surface area contributed by atoms with Crippen molar-refractivity contribution in [2.45, 2.75) is 51.7 Å². The molecule has 0 radical (unpaired) electrons. The monoisotopic (exact) mass is 270 g/mol. The summed E-state index contributed by atoms with van der Waals surface area (Å²) in [4.78, 5) is 0. The first-order valence-electron chi connectivity index (χ1n) is 7.55. The van der Waals surface area contributed by atoms with Crippen LogP contribution >= 0.6 is 0 Å². The maximum Gasteiger partial charge on any atom is 0.134 e. The molecule has 2 nitrogen and oxygen atoms in total. The van der Waals surface area contributed by atoms with Gasteiger partial charge in [-0.15, -0.1) is 0 Å². The minimum absolute atomic E-state index is 0.294. The molecule has 0 fully saturated rings. The van der Waals surface area contributed by atoms with Crippen LogP contribution in [0.2, 0.25) is 0 Å². The predicted molar refractivity (Wildman–Crippen MR) is 80.8 cm³/mol. The van der Waals surface area contributed by atoms with E-state index >= 15 is 0 Å². The standard InChI is InChI=1S/C18H22O2/c1-13(2)19-16-9-6-10-17-15(11-16)12-18(20-17)14-7-4-3-5-8-14/h3-5,7-8,12-13,16H,6,9-11H2,1-2H3. The van der Waals surface area contributed by atoms with E-state index in [4.69, 9.17) is 9.15 Å². The Balaban J connectivity index is 1.84. The van der Waals surface area contributed by atoms with E-state index in [9.17, 15) is 0 Å². The van der Waals surface area contributed by atoms with E-state index in [0.29, 0.717) is 12.2 Å². The Morgan fingerprint density at radius 1 is 1.20 bits per heavy atom. The van der Waals surface area contributed by atoms with Crippen LogP contribution < -0.4 is 0 Å². The molecular formula is C18H22O2. The van der Waals surface area contributed by atoms with Gasteiger partial charge in [0, 0.05) is 18.4 Å². The number of furan rings is 1. The molecule has 1 unspecified atom stereocenters. The normalized spacial score (nSPS) is 18.9. The zero-order chi connectivity index (χ0) is 13.9. The van der Waals surface area contributed by atoms with Crippen LogP contribution in [-0.4, -0.2) is 12.2 Å². The van der Waals surface area contributed by atoms with Crippen LogP contribution in [0.1, 0.15) is 38.0 Å². The number of hydrogen-bond donors (Lipinski definition) is 0. The summed E-state index contributed by atoms with van der Waals surface area (Å²) in [5.74, 6) is 2.14. The first-order chi connectivity index (χ1) is 9.72. The van der Waals surface area contributed by atoms with Crippen molar-refractivity contribution in [1.29, 1.82) is 0 Å². The quantitative estimate of drug-likeness (QED) is 0.759. The molecule has 0 amide bonds. The number of ether oxygens (including phenoxy) is 1. The lowest BCUT2D eigenvalue weighted by Gasteiger charge is -2.18. The molecule has 0 aliphatic heterocycles. The molecule has 2 heteroatoms. The molecule has 1 atom stereocenters. The number of hydrogen-bond acceptors (Lipinski definition) is 2. The van der Waals surface area contributed by atoms with Crippen molar-refractivity contribution >= 4 is 0 Å². The van der Waals surface area contributed by atoms with Gasteiger partial charge in [0.05, 0.1) is 12.2 Å². The Morgan fingerprint density at radius 2 is 2.00 bits per heavy atom. The van der Waals surface area contributed by atoms with Gasteiger partial charge in [-0.1, -0.05) is 30.3 Å². The minimum Gasteiger partial charge on any atom is -0.461 e. The Kier molecular flexibility index (Phi) is 3.93. The van der Waals surface area contributed by atoms with E-state index in [1.54, 1.807) is 0 Å². The van der Waals surface area contributed by atoms with Crippen LogP contribution in [0.3, 0.4) is 0 Å². The smallest absolute Gasteiger partial charge is 0.134 e. The number of aryl methyl sites for hydroxylation is 1. The predicted octanol–water partition coefficient (Wildman–Crippen LogP) is 4.62. The van der Waals surface area contributed by atoms with Crippen LogP contribution in [0.25, 0.3) is 11.3 Å². The fourth-order valence-electron chi connectivity index (χ4n) is 2.93. The van der Waals surface area contributed by atoms with Gasteiger partial charge in [-0.25, -0.2) is 0 Å². The fourth-order valence-corrected chi connectivity index (χ4v) is 2.93. The zero-order valence-corrected chi connectivity index (χ0v) is 12.3. The highest BCUT2D eigenvalue weighted by atomic mass is 16.5. The van der Waals surface area contributed by atoms with Gasteiger partial charge < -0.3 is 9.15 Å². The molecular weight excluding hydrogens is 248 g/mol. The first-order valence-corrected chi connectivity index (χ1v) is 7.55. The molecule has 1 aromatic carbocycles. The molecule has 0 saturated heterocycles. The third-order valence-electron chi connectivity index (χ3n) is 3.80. The summed E-state index contributed by atoms with van der Waals surface area (Å²) >= 11 is 0. The van der Waals surface area contributed by atoms with E-state index in [-0.39, 0.29) is 0 Å². The molecule has 106 valence electrons. The molecule has 0 bridgehead atoms. The van der Waals surface area contributed by atoms with Gasteiger partial charge in [0.25, 0.3) is 0 Å². The lowest BCUT2D eigenvalue weighted by Crippen LogP contribution is -2.19. The molecule has 2 aromatic rings. The largest absolute Gasteiger partial charge is 0.461 e. The molecule has 1 aliphatic carbocycles. The van der Waals surface area contributed by atoms with Gasteiger partial charge in [0.1, 0.15) is 11.5 Å². The van der Waals surface area contributed by atoms with Crippen LogP contribution in [0, 0.1) is 0 Å². The van der Waals surface area contributed by atoms with Crippen LogP contribution in [0.5, 0.6) is 0 Å². The number of benzene rings is 1. The summed E-state index contributed by atoms with van der Waals surface area (Å²) in [6, 6.07) is 12.5. The molecule has 1 aromatic heterocycles. The van der Waals surface area contributed by atoms with Gasteiger partial charge in [-0.05, 0) is 38.3 Å². The van der Waals surface area contributed by atoms with Crippen molar-refractivity contribution in [2.24, 2.45) is 0 Å². The second-order valence-corrected chi connectivity index (χ2v) is 5.83. The summed E-state index contributed by atoms with van der Waals surface area (Å²) in [6.45, 7) is 4.22. The molecule has 0 N–H and O–H groups in total. The fraction of sp³-hybridized carbons (Fsp3) is 0.444. The average molecular weight is 270 g/mol. The summed E-state index contributed by atoms with van der Waals surface area (Å²) < 4.78 is 12.1. The van der Waals surface area contributed by atoms with Crippen molar-refractivity contribution in [3.63, 3.8) is 0 Å². The van der Waals surface area contributed by atoms with Crippen LogP contribution in [0.4, 0.5) is 0 Å². The molecule has 0 spiro atoms. The van der Waals surface area contributed by atoms with Gasteiger partial charge in [-0.3, -0.25) is 0 Å². The summed E-state index contributed by atoms with van der Waals surface area (Å²) in [6.07, 6.45) is 4.90. The zero-order valence-electron chi connectivity index (χ0n) is 12.3. The molecule has 0 saturated carbocycles. The highest BCUT2D eigenvalue weighted by molar-refractivity contribution is 5.58. The first kappa shape index (κ1) is 13.4. The van der Waals surface area contributed by atoms with E-state index in [0.717, 1.165) is 42.8 Å². The maximum absolute atomic E-state index is 6.07. The lowest BCUT2D eigenvalue weighted by molar-refractivity contribution is 0.00411. The number of rotatable bonds is 3. The van der Waals surface area contributed by atoms with E-state index in [2.05, 4.69) is 32.0 Å². The topological polar surface area (TPSA) is 22.4 Å². The van der Waals surface area contributed by atoms with Crippen molar-refractivity contribution in [3.05, 3.63) is 47.7 Å². The summed E-state index contributed by atoms with van der Waals surface area (Å²) in [7, 11) is 0. The van der Waals surface area contributed by atoms with E-state index in [1.165, 1.54) is 5.56 Å². The van der Waals surface area contributed by atoms with Gasteiger partial charge in [0.2, 0.25) is 0 Å². The third-order valence-corrected chi connectivity index (χ3v) is 3.80. The summed E-state index contributed by atoms with van der Waals surface area (Å²) in [5, 5.41) is 0. The van der Waals surface area contributed by atoms with E-state index < -0.39 is 0 Å². The summed E-state index contributed by atoms with van der Waals surface area (Å²) in [5.41, 5.74) is 2.48.